The van der Waals surface area contributed by atoms with E-state index in [4.69, 9.17) is 14.6 Å². The number of ether oxygens (including phenoxy) is 2. The average molecular weight is 331 g/mol. The summed E-state index contributed by atoms with van der Waals surface area (Å²) in [6.07, 6.45) is 11.7. The largest absolute Gasteiger partial charge is 0.396 e. The number of hydrogen-bond acceptors (Lipinski definition) is 4. The van der Waals surface area contributed by atoms with E-state index in [1.54, 1.807) is 7.11 Å². The molecule has 0 spiro atoms. The van der Waals surface area contributed by atoms with Gasteiger partial charge in [-0.15, -0.1) is 0 Å². The van der Waals surface area contributed by atoms with E-state index >= 15 is 0 Å². The summed E-state index contributed by atoms with van der Waals surface area (Å²) >= 11 is 0. The molecule has 0 bridgehead atoms. The molecule has 0 radical (unpaired) electrons. The molecule has 0 aliphatic heterocycles. The predicted molar refractivity (Wildman–Crippen MR) is 94.7 cm³/mol. The molecular weight excluding hydrogens is 292 g/mol. The lowest BCUT2D eigenvalue weighted by Gasteiger charge is -2.08. The summed E-state index contributed by atoms with van der Waals surface area (Å²) in [7, 11) is 1.75. The Bertz CT molecular complexity index is 256. The summed E-state index contributed by atoms with van der Waals surface area (Å²) in [5.74, 6) is 0.602. The highest BCUT2D eigenvalue weighted by atomic mass is 16.5. The summed E-state index contributed by atoms with van der Waals surface area (Å²) in [5.41, 5.74) is 0. The molecule has 138 valence electrons. The quantitative estimate of drug-likeness (QED) is 0.384. The molecule has 1 unspecified atom stereocenters. The fourth-order valence-electron chi connectivity index (χ4n) is 2.44. The van der Waals surface area contributed by atoms with Crippen LogP contribution in [0.15, 0.2) is 0 Å². The van der Waals surface area contributed by atoms with Gasteiger partial charge in [0.2, 0.25) is 0 Å². The highest BCUT2D eigenvalue weighted by Crippen LogP contribution is 2.10. The molecule has 0 saturated carbocycles. The van der Waals surface area contributed by atoms with Crippen LogP contribution in [0, 0.1) is 5.92 Å². The maximum atomic E-state index is 11.7. The zero-order valence-corrected chi connectivity index (χ0v) is 15.4. The first-order chi connectivity index (χ1) is 11.2. The lowest BCUT2D eigenvalue weighted by molar-refractivity contribution is -0.119. The van der Waals surface area contributed by atoms with Crippen molar-refractivity contribution in [2.24, 2.45) is 5.92 Å². The Kier molecular flexibility index (Phi) is 17.5. The van der Waals surface area contributed by atoms with Crippen molar-refractivity contribution in [3.05, 3.63) is 0 Å². The third-order valence-corrected chi connectivity index (χ3v) is 4.01. The zero-order chi connectivity index (χ0) is 17.2. The minimum Gasteiger partial charge on any atom is -0.396 e. The van der Waals surface area contributed by atoms with Gasteiger partial charge >= 0.3 is 0 Å². The second kappa shape index (κ2) is 17.9. The van der Waals surface area contributed by atoms with Gasteiger partial charge in [-0.3, -0.25) is 4.79 Å². The van der Waals surface area contributed by atoms with E-state index in [9.17, 15) is 4.79 Å². The summed E-state index contributed by atoms with van der Waals surface area (Å²) < 4.78 is 10.5. The van der Waals surface area contributed by atoms with Crippen LogP contribution < -0.4 is 0 Å². The number of unbranched alkanes of at least 4 members (excludes halogenated alkanes) is 7. The fraction of sp³-hybridized carbons (Fsp3) is 0.947. The van der Waals surface area contributed by atoms with Crippen LogP contribution in [0.4, 0.5) is 0 Å². The van der Waals surface area contributed by atoms with Gasteiger partial charge in [0.15, 0.2) is 0 Å². The Morgan fingerprint density at radius 1 is 0.870 bits per heavy atom. The molecule has 0 aromatic heterocycles. The number of carbonyl (C=O) groups is 1. The van der Waals surface area contributed by atoms with E-state index < -0.39 is 0 Å². The third-order valence-electron chi connectivity index (χ3n) is 4.01. The Morgan fingerprint density at radius 3 is 2.00 bits per heavy atom. The van der Waals surface area contributed by atoms with Crippen LogP contribution in [0.25, 0.3) is 0 Å². The maximum absolute atomic E-state index is 11.7. The molecule has 0 rings (SSSR count). The molecule has 0 amide bonds. The van der Waals surface area contributed by atoms with Crippen LogP contribution in [0.1, 0.15) is 77.6 Å². The van der Waals surface area contributed by atoms with Gasteiger partial charge in [-0.05, 0) is 25.7 Å². The molecule has 4 nitrogen and oxygen atoms in total. The third kappa shape index (κ3) is 17.7. The number of ketones is 1. The number of hydrogen-bond donors (Lipinski definition) is 1. The van der Waals surface area contributed by atoms with Crippen LogP contribution in [-0.4, -0.2) is 44.4 Å². The normalized spacial score (nSPS) is 12.5. The molecular formula is C19H38O4. The van der Waals surface area contributed by atoms with Gasteiger partial charge in [0.1, 0.15) is 5.78 Å². The molecule has 0 aromatic carbocycles. The first kappa shape index (κ1) is 22.6. The predicted octanol–water partition coefficient (Wildman–Crippen LogP) is 4.14. The van der Waals surface area contributed by atoms with Gasteiger partial charge in [0, 0.05) is 45.7 Å². The number of aliphatic hydroxyl groups excluding tert-OH is 1. The smallest absolute Gasteiger partial charge is 0.132 e. The molecule has 0 aliphatic rings. The van der Waals surface area contributed by atoms with Crippen molar-refractivity contribution < 1.29 is 19.4 Å². The van der Waals surface area contributed by atoms with Gasteiger partial charge in [0.05, 0.1) is 6.61 Å². The van der Waals surface area contributed by atoms with Gasteiger partial charge in [-0.2, -0.15) is 0 Å². The minimum absolute atomic E-state index is 0.172. The van der Waals surface area contributed by atoms with E-state index in [0.717, 1.165) is 38.7 Å². The SMILES string of the molecule is COCCCCCCCCCC(=O)CCCCOCC(C)CO. The summed E-state index contributed by atoms with van der Waals surface area (Å²) in [6, 6.07) is 0. The second-order valence-corrected chi connectivity index (χ2v) is 6.58. The zero-order valence-electron chi connectivity index (χ0n) is 15.4. The highest BCUT2D eigenvalue weighted by molar-refractivity contribution is 5.78. The van der Waals surface area contributed by atoms with Crippen LogP contribution >= 0.6 is 0 Å². The highest BCUT2D eigenvalue weighted by Gasteiger charge is 2.03. The number of carbonyl (C=O) groups excluding carboxylic acids is 1. The molecule has 0 fully saturated rings. The summed E-state index contributed by atoms with van der Waals surface area (Å²) in [5, 5.41) is 8.87. The minimum atomic E-state index is 0.172. The van der Waals surface area contributed by atoms with Crippen LogP contribution in [-0.2, 0) is 14.3 Å². The number of methoxy groups -OCH3 is 1. The van der Waals surface area contributed by atoms with Gasteiger partial charge < -0.3 is 14.6 Å². The number of rotatable bonds is 18. The topological polar surface area (TPSA) is 55.8 Å². The molecule has 0 heterocycles. The van der Waals surface area contributed by atoms with Crippen molar-refractivity contribution in [1.29, 1.82) is 0 Å². The standard InChI is InChI=1S/C19H38O4/c1-18(16-20)17-23-15-11-9-13-19(21)12-8-6-4-3-5-7-10-14-22-2/h18,20H,3-17H2,1-2H3. The Labute approximate surface area is 142 Å². The molecule has 0 aromatic rings. The fourth-order valence-corrected chi connectivity index (χ4v) is 2.44. The Morgan fingerprint density at radius 2 is 1.39 bits per heavy atom. The monoisotopic (exact) mass is 330 g/mol. The van der Waals surface area contributed by atoms with Crippen LogP contribution in [0.2, 0.25) is 0 Å². The first-order valence-electron chi connectivity index (χ1n) is 9.40. The molecule has 4 heteroatoms. The molecule has 1 atom stereocenters. The van der Waals surface area contributed by atoms with Gasteiger partial charge in [0.25, 0.3) is 0 Å². The first-order valence-corrected chi connectivity index (χ1v) is 9.40. The van der Waals surface area contributed by atoms with Gasteiger partial charge in [-0.1, -0.05) is 39.0 Å². The van der Waals surface area contributed by atoms with E-state index in [-0.39, 0.29) is 12.5 Å². The van der Waals surface area contributed by atoms with Crippen molar-refractivity contribution in [3.63, 3.8) is 0 Å². The Balaban J connectivity index is 3.19. The molecule has 0 aliphatic carbocycles. The van der Waals surface area contributed by atoms with Crippen LogP contribution in [0.5, 0.6) is 0 Å². The lowest BCUT2D eigenvalue weighted by Crippen LogP contribution is -2.10. The van der Waals surface area contributed by atoms with Gasteiger partial charge in [-0.25, -0.2) is 0 Å². The van der Waals surface area contributed by atoms with Crippen LogP contribution in [0.3, 0.4) is 0 Å². The molecule has 23 heavy (non-hydrogen) atoms. The lowest BCUT2D eigenvalue weighted by atomic mass is 10.0. The Hall–Kier alpha value is -0.450. The summed E-state index contributed by atoms with van der Waals surface area (Å²) in [6.45, 7) is 4.31. The second-order valence-electron chi connectivity index (χ2n) is 6.58. The average Bonchev–Trinajstić information content (AvgIpc) is 2.56. The molecule has 1 N–H and O–H groups in total. The van der Waals surface area contributed by atoms with E-state index in [1.807, 2.05) is 6.92 Å². The number of aliphatic hydroxyl groups is 1. The van der Waals surface area contributed by atoms with E-state index in [0.29, 0.717) is 25.4 Å². The summed E-state index contributed by atoms with van der Waals surface area (Å²) in [4.78, 5) is 11.7. The number of Topliss-reactive ketones (excluding diaryl/α,β-unsaturated/α-hetero) is 1. The van der Waals surface area contributed by atoms with Crippen molar-refractivity contribution in [2.75, 3.05) is 33.5 Å². The van der Waals surface area contributed by atoms with Crippen molar-refractivity contribution in [1.82, 2.24) is 0 Å². The van der Waals surface area contributed by atoms with Crippen molar-refractivity contribution in [3.8, 4) is 0 Å². The van der Waals surface area contributed by atoms with Crippen molar-refractivity contribution in [2.45, 2.75) is 77.6 Å². The van der Waals surface area contributed by atoms with E-state index in [2.05, 4.69) is 0 Å². The van der Waals surface area contributed by atoms with E-state index in [1.165, 1.54) is 32.1 Å². The molecule has 0 saturated heterocycles. The van der Waals surface area contributed by atoms with Crippen molar-refractivity contribution >= 4 is 5.78 Å². The maximum Gasteiger partial charge on any atom is 0.132 e.